The lowest BCUT2D eigenvalue weighted by Gasteiger charge is -2.23. The molecule has 0 bridgehead atoms. The third-order valence-corrected chi connectivity index (χ3v) is 9.03. The van der Waals surface area contributed by atoms with Gasteiger partial charge in [0.2, 0.25) is 5.75 Å². The fraction of sp³-hybridized carbons (Fsp3) is 0.359. The summed E-state index contributed by atoms with van der Waals surface area (Å²) in [4.78, 5) is 31.9. The third kappa shape index (κ3) is 8.11. The van der Waals surface area contributed by atoms with E-state index in [-0.39, 0.29) is 17.6 Å². The molecule has 2 heterocycles. The number of imidazole rings is 1. The number of aryl methyl sites for hydroxylation is 2. The van der Waals surface area contributed by atoms with E-state index in [0.717, 1.165) is 59.5 Å². The van der Waals surface area contributed by atoms with Crippen molar-refractivity contribution in [2.45, 2.75) is 32.9 Å². The van der Waals surface area contributed by atoms with Crippen LogP contribution < -0.4 is 24.3 Å². The summed E-state index contributed by atoms with van der Waals surface area (Å²) in [6, 6.07) is 19.1. The van der Waals surface area contributed by atoms with Gasteiger partial charge in [-0.05, 0) is 69.8 Å². The van der Waals surface area contributed by atoms with Crippen LogP contribution in [0.5, 0.6) is 23.0 Å². The van der Waals surface area contributed by atoms with Gasteiger partial charge in [0.25, 0.3) is 5.91 Å². The normalized spacial score (nSPS) is 13.8. The number of ketones is 1. The Morgan fingerprint density at radius 2 is 1.70 bits per heavy atom. The number of rotatable bonds is 12. The molecule has 2 aromatic heterocycles. The predicted octanol–water partition coefficient (Wildman–Crippen LogP) is 5.71. The average Bonchev–Trinajstić information content (AvgIpc) is 3.67. The van der Waals surface area contributed by atoms with Crippen molar-refractivity contribution in [1.29, 1.82) is 0 Å². The second-order valence-electron chi connectivity index (χ2n) is 12.5. The minimum atomic E-state index is -0.231. The molecule has 1 unspecified atom stereocenters. The van der Waals surface area contributed by atoms with E-state index in [9.17, 15) is 9.59 Å². The van der Waals surface area contributed by atoms with Crippen LogP contribution in [-0.2, 0) is 26.6 Å². The Hall–Kier alpha value is -5.29. The number of carbonyl (C=O) groups is 2. The first-order valence-corrected chi connectivity index (χ1v) is 16.7. The highest BCUT2D eigenvalue weighted by Gasteiger charge is 2.32. The minimum Gasteiger partial charge on any atom is -0.493 e. The second kappa shape index (κ2) is 16.4. The van der Waals surface area contributed by atoms with Gasteiger partial charge in [0.15, 0.2) is 17.3 Å². The molecule has 3 aromatic carbocycles. The molecule has 0 radical (unpaired) electrons. The van der Waals surface area contributed by atoms with Gasteiger partial charge in [-0.1, -0.05) is 30.3 Å². The van der Waals surface area contributed by atoms with Crippen LogP contribution in [0.15, 0.2) is 73.1 Å². The van der Waals surface area contributed by atoms with Gasteiger partial charge >= 0.3 is 0 Å². The van der Waals surface area contributed by atoms with Crippen LogP contribution in [0.25, 0.3) is 10.9 Å². The van der Waals surface area contributed by atoms with Crippen LogP contribution in [0, 0.1) is 12.8 Å². The molecule has 6 rings (SSSR count). The highest BCUT2D eigenvalue weighted by atomic mass is 16.5. The summed E-state index contributed by atoms with van der Waals surface area (Å²) in [5.41, 5.74) is 4.68. The number of benzene rings is 3. The molecular formula is C39H47N5O6. The highest BCUT2D eigenvalue weighted by Crippen LogP contribution is 2.38. The number of aromatic nitrogens is 3. The first-order chi connectivity index (χ1) is 24.1. The second-order valence-corrected chi connectivity index (χ2v) is 12.5. The van der Waals surface area contributed by atoms with Gasteiger partial charge in [-0.25, -0.2) is 4.98 Å². The Labute approximate surface area is 293 Å². The molecule has 1 aliphatic rings. The molecule has 0 aliphatic heterocycles. The number of carbonyl (C=O) groups excluding carboxylic acids is 2. The van der Waals surface area contributed by atoms with Crippen LogP contribution in [-0.4, -0.2) is 79.3 Å². The Bertz CT molecular complexity index is 1900. The number of amides is 1. The number of para-hydroxylation sites is 1. The monoisotopic (exact) mass is 681 g/mol. The van der Waals surface area contributed by atoms with Gasteiger partial charge < -0.3 is 38.3 Å². The number of methoxy groups -OCH3 is 3. The lowest BCUT2D eigenvalue weighted by Crippen LogP contribution is -2.27. The zero-order valence-electron chi connectivity index (χ0n) is 30.0. The lowest BCUT2D eigenvalue weighted by molar-refractivity contribution is 0.0887. The largest absolute Gasteiger partial charge is 0.493 e. The van der Waals surface area contributed by atoms with E-state index in [0.29, 0.717) is 36.0 Å². The molecule has 5 aromatic rings. The van der Waals surface area contributed by atoms with Crippen LogP contribution in [0.4, 0.5) is 0 Å². The smallest absolute Gasteiger partial charge is 0.251 e. The molecule has 1 N–H and O–H groups in total. The number of hydrogen-bond donors (Lipinski definition) is 1. The number of nitrogens with one attached hydrogen (secondary N) is 1. The van der Waals surface area contributed by atoms with Crippen LogP contribution >= 0.6 is 0 Å². The summed E-state index contributed by atoms with van der Waals surface area (Å²) in [6.07, 6.45) is 5.63. The summed E-state index contributed by atoms with van der Waals surface area (Å²) in [5, 5.41) is 3.99. The van der Waals surface area contributed by atoms with Crippen LogP contribution in [0.1, 0.15) is 44.2 Å². The Morgan fingerprint density at radius 1 is 1.00 bits per heavy atom. The first kappa shape index (κ1) is 36.0. The van der Waals surface area contributed by atoms with E-state index in [2.05, 4.69) is 43.5 Å². The maximum Gasteiger partial charge on any atom is 0.251 e. The van der Waals surface area contributed by atoms with E-state index in [1.54, 1.807) is 18.3 Å². The molecule has 0 saturated heterocycles. The van der Waals surface area contributed by atoms with Crippen molar-refractivity contribution >= 4 is 22.6 Å². The summed E-state index contributed by atoms with van der Waals surface area (Å²) in [5.74, 6) is 3.20. The van der Waals surface area contributed by atoms with Crippen molar-refractivity contribution in [1.82, 2.24) is 24.3 Å². The van der Waals surface area contributed by atoms with E-state index >= 15 is 0 Å². The quantitative estimate of drug-likeness (QED) is 0.178. The lowest BCUT2D eigenvalue weighted by atomic mass is 9.85. The molecular weight excluding hydrogens is 634 g/mol. The summed E-state index contributed by atoms with van der Waals surface area (Å²) < 4.78 is 25.8. The van der Waals surface area contributed by atoms with Gasteiger partial charge in [0.1, 0.15) is 18.2 Å². The number of nitrogens with zero attached hydrogens (tertiary/aromatic N) is 4. The first-order valence-electron chi connectivity index (χ1n) is 16.7. The summed E-state index contributed by atoms with van der Waals surface area (Å²) in [6.45, 7) is 4.59. The Kier molecular flexibility index (Phi) is 11.8. The molecule has 50 heavy (non-hydrogen) atoms. The van der Waals surface area contributed by atoms with Crippen molar-refractivity contribution in [2.75, 3.05) is 48.6 Å². The Morgan fingerprint density at radius 3 is 2.32 bits per heavy atom. The minimum absolute atomic E-state index is 0.0474. The van der Waals surface area contributed by atoms with Crippen molar-refractivity contribution < 1.29 is 28.5 Å². The van der Waals surface area contributed by atoms with Gasteiger partial charge in [-0.3, -0.25) is 9.59 Å². The molecule has 1 aliphatic carbocycles. The summed E-state index contributed by atoms with van der Waals surface area (Å²) >= 11 is 0. The molecule has 0 saturated carbocycles. The maximum absolute atomic E-state index is 13.0. The Balaban J connectivity index is 0.000000199. The third-order valence-electron chi connectivity index (χ3n) is 9.03. The zero-order chi connectivity index (χ0) is 35.8. The molecule has 1 amide bonds. The predicted molar refractivity (Wildman–Crippen MR) is 194 cm³/mol. The topological polar surface area (TPSA) is 109 Å². The van der Waals surface area contributed by atoms with Gasteiger partial charge in [-0.15, -0.1) is 0 Å². The van der Waals surface area contributed by atoms with Gasteiger partial charge in [0, 0.05) is 72.7 Å². The average molecular weight is 682 g/mol. The molecule has 1 atom stereocenters. The zero-order valence-corrected chi connectivity index (χ0v) is 30.0. The van der Waals surface area contributed by atoms with E-state index < -0.39 is 0 Å². The fourth-order valence-electron chi connectivity index (χ4n) is 6.21. The van der Waals surface area contributed by atoms with Crippen LogP contribution in [0.3, 0.4) is 0 Å². The molecule has 0 spiro atoms. The number of Topliss-reactive ketones (excluding diaryl/α,β-unsaturated/α-hetero) is 1. The fourth-order valence-corrected chi connectivity index (χ4v) is 6.21. The van der Waals surface area contributed by atoms with E-state index in [1.165, 1.54) is 27.0 Å². The van der Waals surface area contributed by atoms with Crippen LogP contribution in [0.2, 0.25) is 0 Å². The summed E-state index contributed by atoms with van der Waals surface area (Å²) in [7, 11) is 10.6. The molecule has 11 heteroatoms. The highest BCUT2D eigenvalue weighted by molar-refractivity contribution is 6.11. The van der Waals surface area contributed by atoms with Gasteiger partial charge in [0.05, 0.1) is 21.3 Å². The maximum atomic E-state index is 13.0. The van der Waals surface area contributed by atoms with Crippen molar-refractivity contribution in [2.24, 2.45) is 13.0 Å². The SMILES string of the molecule is COc1cc(C(=O)NCc2ccc(OCCN(C)C)cc2)cc(OC)c1OC.Cc1nccn1CC1CCc2c(c3ccccc3n2C)C1=O. The number of fused-ring (bicyclic) bond motifs is 3. The van der Waals surface area contributed by atoms with Crippen molar-refractivity contribution in [3.05, 3.63) is 101 Å². The number of ether oxygens (including phenoxy) is 4. The van der Waals surface area contributed by atoms with Gasteiger partial charge in [-0.2, -0.15) is 0 Å². The van der Waals surface area contributed by atoms with Crippen molar-refractivity contribution in [3.8, 4) is 23.0 Å². The molecule has 11 nitrogen and oxygen atoms in total. The molecule has 264 valence electrons. The van der Waals surface area contributed by atoms with E-state index in [4.69, 9.17) is 18.9 Å². The number of hydrogen-bond acceptors (Lipinski definition) is 8. The molecule has 0 fully saturated rings. The standard InChI is InChI=1S/C21H28N2O5.C18H19N3O/c1-23(2)10-11-28-17-8-6-15(7-9-17)14-22-21(24)16-12-18(25-3)20(27-5)19(13-16)26-4;1-12-19-9-10-21(12)11-13-7-8-16-17(18(13)22)14-5-3-4-6-15(14)20(16)2/h6-9,12-13H,10-11,14H2,1-5H3,(H,22,24);3-6,9-10,13H,7-8,11H2,1-2H3. The van der Waals surface area contributed by atoms with E-state index in [1.807, 2.05) is 63.6 Å². The number of likely N-dealkylation sites (N-methyl/N-ethyl adjacent to an activating group) is 1. The van der Waals surface area contributed by atoms with Crippen molar-refractivity contribution in [3.63, 3.8) is 0 Å².